The second kappa shape index (κ2) is 10.5. The lowest BCUT2D eigenvalue weighted by Gasteiger charge is -2.25. The Kier molecular flexibility index (Phi) is 7.20. The molecule has 0 spiro atoms. The summed E-state index contributed by atoms with van der Waals surface area (Å²) in [5.74, 6) is -1.49. The molecule has 3 aromatic rings. The van der Waals surface area contributed by atoms with E-state index in [9.17, 15) is 19.5 Å². The lowest BCUT2D eigenvalue weighted by atomic mass is 9.94. The van der Waals surface area contributed by atoms with Crippen LogP contribution in [-0.2, 0) is 20.9 Å². The van der Waals surface area contributed by atoms with Crippen LogP contribution in [0.3, 0.4) is 0 Å². The minimum Gasteiger partial charge on any atom is -0.507 e. The first-order valence-corrected chi connectivity index (χ1v) is 11.6. The number of carbonyl (C=O) groups excluding carboxylic acids is 3. The highest BCUT2D eigenvalue weighted by Gasteiger charge is 2.46. The number of ketones is 1. The highest BCUT2D eigenvalue weighted by atomic mass is 16.5. The second-order valence-electron chi connectivity index (χ2n) is 8.44. The number of esters is 1. The number of Topliss-reactive ketones (excluding diaryl/α,β-unsaturated/α-hetero) is 1. The van der Waals surface area contributed by atoms with Crippen LogP contribution < -0.4 is 4.74 Å². The van der Waals surface area contributed by atoms with E-state index in [1.807, 2.05) is 30.3 Å². The molecule has 0 radical (unpaired) electrons. The van der Waals surface area contributed by atoms with E-state index < -0.39 is 23.7 Å². The fourth-order valence-corrected chi connectivity index (χ4v) is 4.36. The maximum Gasteiger partial charge on any atom is 0.338 e. The molecule has 1 atom stereocenters. The third-order valence-corrected chi connectivity index (χ3v) is 6.16. The number of aryl methyl sites for hydroxylation is 1. The molecule has 1 aliphatic rings. The van der Waals surface area contributed by atoms with Gasteiger partial charge in [-0.25, -0.2) is 4.79 Å². The Balaban J connectivity index is 1.76. The Labute approximate surface area is 209 Å². The molecule has 0 bridgehead atoms. The second-order valence-corrected chi connectivity index (χ2v) is 8.44. The van der Waals surface area contributed by atoms with Crippen LogP contribution in [-0.4, -0.2) is 41.4 Å². The predicted octanol–water partition coefficient (Wildman–Crippen LogP) is 4.80. The minimum absolute atomic E-state index is 0.0302. The molecule has 7 nitrogen and oxygen atoms in total. The Bertz CT molecular complexity index is 1330. The first-order valence-electron chi connectivity index (χ1n) is 11.6. The van der Waals surface area contributed by atoms with Crippen molar-refractivity contribution in [2.75, 3.05) is 13.7 Å². The molecule has 3 aromatic carbocycles. The Morgan fingerprint density at radius 3 is 2.31 bits per heavy atom. The van der Waals surface area contributed by atoms with E-state index in [4.69, 9.17) is 9.47 Å². The van der Waals surface area contributed by atoms with Gasteiger partial charge in [0.1, 0.15) is 11.5 Å². The van der Waals surface area contributed by atoms with Gasteiger partial charge in [0.15, 0.2) is 0 Å². The Morgan fingerprint density at radius 1 is 1.00 bits per heavy atom. The van der Waals surface area contributed by atoms with Gasteiger partial charge in [0, 0.05) is 12.1 Å². The van der Waals surface area contributed by atoms with Gasteiger partial charge in [0.05, 0.1) is 30.9 Å². The molecule has 1 saturated heterocycles. The van der Waals surface area contributed by atoms with Crippen molar-refractivity contribution in [3.05, 3.63) is 106 Å². The summed E-state index contributed by atoms with van der Waals surface area (Å²) in [4.78, 5) is 39.9. The number of rotatable bonds is 7. The van der Waals surface area contributed by atoms with Crippen molar-refractivity contribution >= 4 is 23.4 Å². The molecular weight excluding hydrogens is 458 g/mol. The highest BCUT2D eigenvalue weighted by Crippen LogP contribution is 2.41. The number of nitrogens with zero attached hydrogens (tertiary/aromatic N) is 1. The number of aliphatic hydroxyl groups excluding tert-OH is 1. The zero-order valence-electron chi connectivity index (χ0n) is 20.4. The van der Waals surface area contributed by atoms with Crippen LogP contribution >= 0.6 is 0 Å². The molecule has 7 heteroatoms. The van der Waals surface area contributed by atoms with Crippen LogP contribution in [0.5, 0.6) is 5.75 Å². The average molecular weight is 486 g/mol. The molecule has 4 rings (SSSR count). The number of carbonyl (C=O) groups is 3. The summed E-state index contributed by atoms with van der Waals surface area (Å²) >= 11 is 0. The number of benzene rings is 3. The number of hydrogen-bond acceptors (Lipinski definition) is 6. The minimum atomic E-state index is -0.780. The number of likely N-dealkylation sites (tertiary alicyclic amines) is 1. The molecule has 0 aliphatic carbocycles. The van der Waals surface area contributed by atoms with Gasteiger partial charge in [0.2, 0.25) is 0 Å². The number of methoxy groups -OCH3 is 1. The molecule has 0 aromatic heterocycles. The number of ether oxygens (including phenoxy) is 2. The third-order valence-electron chi connectivity index (χ3n) is 6.16. The molecule has 184 valence electrons. The zero-order chi connectivity index (χ0) is 25.8. The van der Waals surface area contributed by atoms with E-state index >= 15 is 0 Å². The van der Waals surface area contributed by atoms with Crippen molar-refractivity contribution in [3.63, 3.8) is 0 Å². The Hall–Kier alpha value is -4.39. The molecule has 1 aliphatic heterocycles. The lowest BCUT2D eigenvalue weighted by molar-refractivity contribution is -0.140. The van der Waals surface area contributed by atoms with E-state index in [0.29, 0.717) is 28.0 Å². The maximum absolute atomic E-state index is 13.3. The van der Waals surface area contributed by atoms with Gasteiger partial charge in [-0.2, -0.15) is 0 Å². The van der Waals surface area contributed by atoms with Crippen molar-refractivity contribution in [1.29, 1.82) is 0 Å². The summed E-state index contributed by atoms with van der Waals surface area (Å²) in [6, 6.07) is 20.2. The number of aliphatic hydroxyl groups is 1. The van der Waals surface area contributed by atoms with Crippen LogP contribution in [0, 0.1) is 6.92 Å². The van der Waals surface area contributed by atoms with Crippen LogP contribution in [0.2, 0.25) is 0 Å². The van der Waals surface area contributed by atoms with Gasteiger partial charge in [0.25, 0.3) is 11.7 Å². The van der Waals surface area contributed by atoms with Crippen molar-refractivity contribution in [1.82, 2.24) is 4.90 Å². The smallest absolute Gasteiger partial charge is 0.338 e. The summed E-state index contributed by atoms with van der Waals surface area (Å²) in [6.45, 7) is 3.93. The number of hydrogen-bond donors (Lipinski definition) is 1. The summed E-state index contributed by atoms with van der Waals surface area (Å²) in [6.07, 6.45) is 0. The molecule has 36 heavy (non-hydrogen) atoms. The van der Waals surface area contributed by atoms with Crippen molar-refractivity contribution in [2.45, 2.75) is 26.4 Å². The van der Waals surface area contributed by atoms with Crippen LogP contribution in [0.1, 0.15) is 45.6 Å². The highest BCUT2D eigenvalue weighted by molar-refractivity contribution is 6.46. The van der Waals surface area contributed by atoms with Crippen LogP contribution in [0.15, 0.2) is 78.4 Å². The predicted molar refractivity (Wildman–Crippen MR) is 134 cm³/mol. The fourth-order valence-electron chi connectivity index (χ4n) is 4.36. The normalized spacial score (nSPS) is 16.8. The maximum atomic E-state index is 13.3. The quantitative estimate of drug-likeness (QED) is 0.224. The van der Waals surface area contributed by atoms with E-state index in [0.717, 1.165) is 5.56 Å². The summed E-state index contributed by atoms with van der Waals surface area (Å²) in [5.41, 5.74) is 3.02. The van der Waals surface area contributed by atoms with E-state index in [1.165, 1.54) is 4.90 Å². The van der Waals surface area contributed by atoms with Crippen molar-refractivity contribution in [2.24, 2.45) is 0 Å². The van der Waals surface area contributed by atoms with Crippen LogP contribution in [0.4, 0.5) is 0 Å². The summed E-state index contributed by atoms with van der Waals surface area (Å²) in [7, 11) is 1.55. The summed E-state index contributed by atoms with van der Waals surface area (Å²) < 4.78 is 10.3. The molecule has 1 heterocycles. The van der Waals surface area contributed by atoms with Gasteiger partial charge in [-0.05, 0) is 60.9 Å². The molecular formula is C29H27NO6. The molecule has 1 unspecified atom stereocenters. The van der Waals surface area contributed by atoms with Gasteiger partial charge >= 0.3 is 5.97 Å². The molecule has 1 amide bonds. The lowest BCUT2D eigenvalue weighted by Crippen LogP contribution is -2.29. The first kappa shape index (κ1) is 24.7. The van der Waals surface area contributed by atoms with Gasteiger partial charge in [-0.3, -0.25) is 9.59 Å². The van der Waals surface area contributed by atoms with Gasteiger partial charge in [-0.15, -0.1) is 0 Å². The van der Waals surface area contributed by atoms with Gasteiger partial charge in [-0.1, -0.05) is 42.5 Å². The number of amides is 1. The SMILES string of the molecule is CCOC(=O)c1ccc(CN2C(=O)C(=O)/C(=C(\O)c3ccc(OC)cc3C)C2c2ccccc2)cc1. The standard InChI is InChI=1S/C29H27NO6/c1-4-36-29(34)21-12-10-19(11-13-21)17-30-25(20-8-6-5-7-9-20)24(27(32)28(30)33)26(31)23-15-14-22(35-3)16-18(23)2/h5-16,25,31H,4,17H2,1-3H3/b26-24-. The molecule has 1 fully saturated rings. The summed E-state index contributed by atoms with van der Waals surface area (Å²) in [5, 5.41) is 11.3. The Morgan fingerprint density at radius 2 is 1.69 bits per heavy atom. The van der Waals surface area contributed by atoms with Gasteiger partial charge < -0.3 is 19.5 Å². The van der Waals surface area contributed by atoms with E-state index in [2.05, 4.69) is 0 Å². The largest absolute Gasteiger partial charge is 0.507 e. The monoisotopic (exact) mass is 485 g/mol. The van der Waals surface area contributed by atoms with E-state index in [1.54, 1.807) is 63.4 Å². The average Bonchev–Trinajstić information content (AvgIpc) is 3.14. The van der Waals surface area contributed by atoms with E-state index in [-0.39, 0.29) is 24.5 Å². The fraction of sp³-hybridized carbons (Fsp3) is 0.207. The van der Waals surface area contributed by atoms with Crippen molar-refractivity contribution < 1.29 is 29.0 Å². The molecule has 0 saturated carbocycles. The topological polar surface area (TPSA) is 93.1 Å². The molecule has 1 N–H and O–H groups in total. The van der Waals surface area contributed by atoms with Crippen molar-refractivity contribution in [3.8, 4) is 5.75 Å². The first-order chi connectivity index (χ1) is 17.3. The third kappa shape index (κ3) is 4.73. The zero-order valence-corrected chi connectivity index (χ0v) is 20.4. The van der Waals surface area contributed by atoms with Crippen LogP contribution in [0.25, 0.3) is 5.76 Å².